The molecule has 0 bridgehead atoms. The van der Waals surface area contributed by atoms with Gasteiger partial charge in [0, 0.05) is 12.0 Å². The second-order valence-corrected chi connectivity index (χ2v) is 6.42. The lowest BCUT2D eigenvalue weighted by atomic mass is 9.82. The standard InChI is InChI=1S/C14H23N3O2S/c1-3-9-17-12(14(4-2)7-5-6-8-14)15-16-13(17)20-10-11(18)19/h3-10H2,1-2H3,(H,18,19). The predicted octanol–water partition coefficient (Wildman–Crippen LogP) is 3.09. The van der Waals surface area contributed by atoms with Gasteiger partial charge in [0.25, 0.3) is 0 Å². The van der Waals surface area contributed by atoms with Crippen LogP contribution in [-0.4, -0.2) is 31.6 Å². The lowest BCUT2D eigenvalue weighted by Crippen LogP contribution is -2.26. The number of rotatable bonds is 7. The molecule has 112 valence electrons. The highest BCUT2D eigenvalue weighted by Gasteiger charge is 2.38. The van der Waals surface area contributed by atoms with E-state index in [1.165, 1.54) is 37.4 Å². The topological polar surface area (TPSA) is 68.0 Å². The van der Waals surface area contributed by atoms with E-state index in [0.29, 0.717) is 0 Å². The van der Waals surface area contributed by atoms with E-state index in [1.807, 2.05) is 0 Å². The van der Waals surface area contributed by atoms with Crippen LogP contribution in [0.2, 0.25) is 0 Å². The Hall–Kier alpha value is -1.04. The monoisotopic (exact) mass is 297 g/mol. The normalized spacial score (nSPS) is 17.5. The Labute approximate surface area is 124 Å². The summed E-state index contributed by atoms with van der Waals surface area (Å²) in [5, 5.41) is 18.3. The highest BCUT2D eigenvalue weighted by molar-refractivity contribution is 7.99. The first kappa shape index (κ1) is 15.4. The summed E-state index contributed by atoms with van der Waals surface area (Å²) >= 11 is 1.27. The fraction of sp³-hybridized carbons (Fsp3) is 0.786. The van der Waals surface area contributed by atoms with Crippen LogP contribution in [0.1, 0.15) is 58.2 Å². The summed E-state index contributed by atoms with van der Waals surface area (Å²) in [6.45, 7) is 5.22. The van der Waals surface area contributed by atoms with Crippen molar-refractivity contribution in [3.05, 3.63) is 5.82 Å². The first-order valence-corrected chi connectivity index (χ1v) is 8.40. The van der Waals surface area contributed by atoms with Gasteiger partial charge in [0.15, 0.2) is 5.16 Å². The lowest BCUT2D eigenvalue weighted by molar-refractivity contribution is -0.133. The molecule has 1 N–H and O–H groups in total. The van der Waals surface area contributed by atoms with Crippen LogP contribution >= 0.6 is 11.8 Å². The van der Waals surface area contributed by atoms with E-state index in [-0.39, 0.29) is 11.2 Å². The SMILES string of the molecule is CCCn1c(SCC(=O)O)nnc1C1(CC)CCCC1. The largest absolute Gasteiger partial charge is 0.481 e. The van der Waals surface area contributed by atoms with E-state index in [0.717, 1.165) is 30.4 Å². The highest BCUT2D eigenvalue weighted by atomic mass is 32.2. The molecule has 1 aliphatic rings. The minimum absolute atomic E-state index is 0.0426. The van der Waals surface area contributed by atoms with Gasteiger partial charge in [-0.25, -0.2) is 0 Å². The van der Waals surface area contributed by atoms with Crippen LogP contribution in [0.3, 0.4) is 0 Å². The second-order valence-electron chi connectivity index (χ2n) is 5.48. The molecule has 1 heterocycles. The average molecular weight is 297 g/mol. The Kier molecular flexibility index (Phi) is 5.07. The van der Waals surface area contributed by atoms with Crippen molar-refractivity contribution in [1.29, 1.82) is 0 Å². The number of carboxylic acids is 1. The second kappa shape index (κ2) is 6.61. The van der Waals surface area contributed by atoms with Crippen LogP contribution in [0.25, 0.3) is 0 Å². The molecule has 1 aromatic rings. The Balaban J connectivity index is 2.30. The molecule has 1 aromatic heterocycles. The van der Waals surface area contributed by atoms with E-state index >= 15 is 0 Å². The van der Waals surface area contributed by atoms with Crippen molar-refractivity contribution in [1.82, 2.24) is 14.8 Å². The van der Waals surface area contributed by atoms with E-state index in [4.69, 9.17) is 5.11 Å². The maximum atomic E-state index is 10.7. The number of hydrogen-bond donors (Lipinski definition) is 1. The van der Waals surface area contributed by atoms with Gasteiger partial charge in [-0.15, -0.1) is 10.2 Å². The number of aromatic nitrogens is 3. The molecule has 6 heteroatoms. The zero-order chi connectivity index (χ0) is 14.6. The molecule has 0 amide bonds. The smallest absolute Gasteiger partial charge is 0.313 e. The molecule has 1 saturated carbocycles. The molecule has 0 aliphatic heterocycles. The number of carboxylic acid groups (broad SMARTS) is 1. The summed E-state index contributed by atoms with van der Waals surface area (Å²) in [4.78, 5) is 10.7. The Morgan fingerprint density at radius 2 is 2.05 bits per heavy atom. The van der Waals surface area contributed by atoms with Crippen LogP contribution in [-0.2, 0) is 16.8 Å². The molecule has 1 aliphatic carbocycles. The molecule has 1 fully saturated rings. The summed E-state index contributed by atoms with van der Waals surface area (Å²) < 4.78 is 2.16. The number of carbonyl (C=O) groups is 1. The van der Waals surface area contributed by atoms with Gasteiger partial charge in [-0.2, -0.15) is 0 Å². The third-order valence-corrected chi connectivity index (χ3v) is 5.15. The number of hydrogen-bond acceptors (Lipinski definition) is 4. The Morgan fingerprint density at radius 1 is 1.35 bits per heavy atom. The van der Waals surface area contributed by atoms with Crippen LogP contribution in [0.4, 0.5) is 0 Å². The molecule has 0 saturated heterocycles. The summed E-state index contributed by atoms with van der Waals surface area (Å²) in [7, 11) is 0. The van der Waals surface area contributed by atoms with Crippen molar-refractivity contribution in [2.75, 3.05) is 5.75 Å². The van der Waals surface area contributed by atoms with Gasteiger partial charge in [-0.05, 0) is 25.7 Å². The summed E-state index contributed by atoms with van der Waals surface area (Å²) in [6.07, 6.45) is 6.95. The van der Waals surface area contributed by atoms with Crippen LogP contribution in [0.15, 0.2) is 5.16 Å². The van der Waals surface area contributed by atoms with E-state index < -0.39 is 5.97 Å². The fourth-order valence-electron chi connectivity index (χ4n) is 3.13. The number of aliphatic carboxylic acids is 1. The van der Waals surface area contributed by atoms with Crippen LogP contribution < -0.4 is 0 Å². The van der Waals surface area contributed by atoms with Crippen molar-refractivity contribution in [3.63, 3.8) is 0 Å². The van der Waals surface area contributed by atoms with Crippen molar-refractivity contribution in [2.45, 2.75) is 69.5 Å². The molecule has 0 unspecified atom stereocenters. The maximum Gasteiger partial charge on any atom is 0.313 e. The number of thioether (sulfide) groups is 1. The number of nitrogens with zero attached hydrogens (tertiary/aromatic N) is 3. The molecule has 20 heavy (non-hydrogen) atoms. The summed E-state index contributed by atoms with van der Waals surface area (Å²) in [5.74, 6) is 0.307. The van der Waals surface area contributed by atoms with Crippen molar-refractivity contribution >= 4 is 17.7 Å². The van der Waals surface area contributed by atoms with Crippen molar-refractivity contribution in [3.8, 4) is 0 Å². The first-order valence-electron chi connectivity index (χ1n) is 7.41. The van der Waals surface area contributed by atoms with Gasteiger partial charge in [-0.3, -0.25) is 4.79 Å². The van der Waals surface area contributed by atoms with E-state index in [9.17, 15) is 4.79 Å². The Morgan fingerprint density at radius 3 is 2.60 bits per heavy atom. The highest BCUT2D eigenvalue weighted by Crippen LogP contribution is 2.43. The average Bonchev–Trinajstić information content (AvgIpc) is 3.04. The fourth-order valence-corrected chi connectivity index (χ4v) is 3.81. The van der Waals surface area contributed by atoms with Gasteiger partial charge < -0.3 is 9.67 Å². The molecule has 2 rings (SSSR count). The molecule has 0 atom stereocenters. The van der Waals surface area contributed by atoms with E-state index in [2.05, 4.69) is 28.6 Å². The molecule has 0 aromatic carbocycles. The van der Waals surface area contributed by atoms with Crippen LogP contribution in [0.5, 0.6) is 0 Å². The van der Waals surface area contributed by atoms with E-state index in [1.54, 1.807) is 0 Å². The van der Waals surface area contributed by atoms with Gasteiger partial charge in [0.2, 0.25) is 0 Å². The maximum absolute atomic E-state index is 10.7. The zero-order valence-electron chi connectivity index (χ0n) is 12.3. The first-order chi connectivity index (χ1) is 9.63. The van der Waals surface area contributed by atoms with Crippen molar-refractivity contribution < 1.29 is 9.90 Å². The van der Waals surface area contributed by atoms with Crippen LogP contribution in [0, 0.1) is 0 Å². The molecular weight excluding hydrogens is 274 g/mol. The Bertz CT molecular complexity index is 467. The molecular formula is C14H23N3O2S. The molecule has 0 radical (unpaired) electrons. The summed E-state index contributed by atoms with van der Waals surface area (Å²) in [6, 6.07) is 0. The minimum Gasteiger partial charge on any atom is -0.481 e. The molecule has 5 nitrogen and oxygen atoms in total. The van der Waals surface area contributed by atoms with Gasteiger partial charge in [-0.1, -0.05) is 38.5 Å². The zero-order valence-corrected chi connectivity index (χ0v) is 13.1. The lowest BCUT2D eigenvalue weighted by Gasteiger charge is -2.27. The van der Waals surface area contributed by atoms with Gasteiger partial charge >= 0.3 is 5.97 Å². The minimum atomic E-state index is -0.811. The predicted molar refractivity (Wildman–Crippen MR) is 79.1 cm³/mol. The van der Waals surface area contributed by atoms with Gasteiger partial charge in [0.05, 0.1) is 5.75 Å². The quantitative estimate of drug-likeness (QED) is 0.783. The third kappa shape index (κ3) is 3.00. The van der Waals surface area contributed by atoms with Gasteiger partial charge in [0.1, 0.15) is 5.82 Å². The third-order valence-electron chi connectivity index (χ3n) is 4.20. The molecule has 0 spiro atoms. The van der Waals surface area contributed by atoms with Crippen molar-refractivity contribution in [2.24, 2.45) is 0 Å². The summed E-state index contributed by atoms with van der Waals surface area (Å²) in [5.41, 5.74) is 0.157.